The molecule has 3 aromatic rings. The minimum Gasteiger partial charge on any atom is -0.423 e. The zero-order valence-electron chi connectivity index (χ0n) is 9.35. The van der Waals surface area contributed by atoms with Gasteiger partial charge < -0.3 is 15.5 Å². The fourth-order valence-corrected chi connectivity index (χ4v) is 1.68. The Labute approximate surface area is 102 Å². The lowest BCUT2D eigenvalue weighted by atomic mass is 10.3. The predicted molar refractivity (Wildman–Crippen MR) is 68.1 cm³/mol. The van der Waals surface area contributed by atoms with Gasteiger partial charge in [0.1, 0.15) is 11.3 Å². The van der Waals surface area contributed by atoms with E-state index >= 15 is 0 Å². The van der Waals surface area contributed by atoms with Gasteiger partial charge in [0.25, 0.3) is 6.01 Å². The number of hydrogen-bond acceptors (Lipinski definition) is 4. The zero-order valence-corrected chi connectivity index (χ0v) is 9.35. The maximum absolute atomic E-state index is 12.8. The van der Waals surface area contributed by atoms with Crippen molar-refractivity contribution in [3.05, 3.63) is 48.3 Å². The van der Waals surface area contributed by atoms with Gasteiger partial charge >= 0.3 is 0 Å². The van der Waals surface area contributed by atoms with Crippen LogP contribution in [0.1, 0.15) is 0 Å². The minimum absolute atomic E-state index is 0.289. The number of nitrogens with one attached hydrogen (secondary N) is 1. The Hall–Kier alpha value is -2.56. The van der Waals surface area contributed by atoms with E-state index in [9.17, 15) is 4.39 Å². The summed E-state index contributed by atoms with van der Waals surface area (Å²) in [6, 6.07) is 11.6. The molecule has 0 atom stereocenters. The Morgan fingerprint density at radius 2 is 1.89 bits per heavy atom. The molecular weight excluding hydrogens is 233 g/mol. The van der Waals surface area contributed by atoms with Gasteiger partial charge in [0.2, 0.25) is 0 Å². The smallest absolute Gasteiger partial charge is 0.300 e. The van der Waals surface area contributed by atoms with Crippen LogP contribution in [0.2, 0.25) is 0 Å². The average Bonchev–Trinajstić information content (AvgIpc) is 2.76. The van der Waals surface area contributed by atoms with Crippen molar-refractivity contribution >= 4 is 28.5 Å². The zero-order chi connectivity index (χ0) is 12.5. The van der Waals surface area contributed by atoms with Crippen molar-refractivity contribution in [3.8, 4) is 0 Å². The fraction of sp³-hybridized carbons (Fsp3) is 0. The van der Waals surface area contributed by atoms with Gasteiger partial charge in [0.15, 0.2) is 5.58 Å². The van der Waals surface area contributed by atoms with Crippen molar-refractivity contribution < 1.29 is 8.81 Å². The molecule has 4 nitrogen and oxygen atoms in total. The summed E-state index contributed by atoms with van der Waals surface area (Å²) in [5, 5.41) is 2.95. The number of anilines is 3. The van der Waals surface area contributed by atoms with Crippen LogP contribution in [0.15, 0.2) is 46.9 Å². The molecule has 0 saturated heterocycles. The third-order valence-electron chi connectivity index (χ3n) is 2.55. The van der Waals surface area contributed by atoms with Gasteiger partial charge in [-0.25, -0.2) is 4.39 Å². The molecule has 18 heavy (non-hydrogen) atoms. The predicted octanol–water partition coefficient (Wildman–Crippen LogP) is 3.29. The molecule has 2 aromatic carbocycles. The minimum atomic E-state index is -0.289. The third-order valence-corrected chi connectivity index (χ3v) is 2.55. The van der Waals surface area contributed by atoms with Crippen LogP contribution in [-0.2, 0) is 0 Å². The van der Waals surface area contributed by atoms with Crippen molar-refractivity contribution in [2.24, 2.45) is 0 Å². The van der Waals surface area contributed by atoms with Crippen LogP contribution in [0, 0.1) is 5.82 Å². The number of benzene rings is 2. The van der Waals surface area contributed by atoms with Crippen LogP contribution in [-0.4, -0.2) is 4.98 Å². The number of para-hydroxylation sites is 1. The number of halogens is 1. The lowest BCUT2D eigenvalue weighted by Gasteiger charge is -1.99. The summed E-state index contributed by atoms with van der Waals surface area (Å²) in [4.78, 5) is 4.23. The van der Waals surface area contributed by atoms with Crippen LogP contribution in [0.5, 0.6) is 0 Å². The lowest BCUT2D eigenvalue weighted by Crippen LogP contribution is -1.90. The van der Waals surface area contributed by atoms with E-state index in [0.717, 1.165) is 0 Å². The van der Waals surface area contributed by atoms with E-state index < -0.39 is 0 Å². The maximum Gasteiger partial charge on any atom is 0.300 e. The summed E-state index contributed by atoms with van der Waals surface area (Å²) in [6.45, 7) is 0. The summed E-state index contributed by atoms with van der Waals surface area (Å²) < 4.78 is 18.2. The molecule has 0 aliphatic heterocycles. The van der Waals surface area contributed by atoms with Crippen molar-refractivity contribution in [2.75, 3.05) is 11.1 Å². The van der Waals surface area contributed by atoms with Gasteiger partial charge in [0.05, 0.1) is 5.69 Å². The maximum atomic E-state index is 12.8. The number of hydrogen-bond donors (Lipinski definition) is 2. The highest BCUT2D eigenvalue weighted by Crippen LogP contribution is 2.25. The Morgan fingerprint density at radius 3 is 2.61 bits per heavy atom. The standard InChI is InChI=1S/C13H10FN3O/c14-8-4-6-9(7-5-8)16-13-17-12-10(15)2-1-3-11(12)18-13/h1-7H,15H2,(H,16,17). The van der Waals surface area contributed by atoms with Gasteiger partial charge in [-0.05, 0) is 36.4 Å². The van der Waals surface area contributed by atoms with Gasteiger partial charge in [-0.3, -0.25) is 0 Å². The van der Waals surface area contributed by atoms with Crippen LogP contribution in [0.3, 0.4) is 0 Å². The first-order chi connectivity index (χ1) is 8.72. The summed E-state index contributed by atoms with van der Waals surface area (Å²) >= 11 is 0. The summed E-state index contributed by atoms with van der Waals surface area (Å²) in [5.41, 5.74) is 8.26. The number of nitrogen functional groups attached to an aromatic ring is 1. The molecule has 90 valence electrons. The van der Waals surface area contributed by atoms with Crippen LogP contribution >= 0.6 is 0 Å². The van der Waals surface area contributed by atoms with E-state index in [1.54, 1.807) is 30.3 Å². The van der Waals surface area contributed by atoms with Crippen LogP contribution in [0.25, 0.3) is 11.1 Å². The van der Waals surface area contributed by atoms with Gasteiger partial charge in [-0.15, -0.1) is 0 Å². The molecule has 3 rings (SSSR count). The molecule has 5 heteroatoms. The van der Waals surface area contributed by atoms with Gasteiger partial charge in [-0.1, -0.05) is 6.07 Å². The molecule has 0 aliphatic carbocycles. The second-order valence-corrected chi connectivity index (χ2v) is 3.84. The first kappa shape index (κ1) is 10.6. The van der Waals surface area contributed by atoms with E-state index in [1.807, 2.05) is 0 Å². The van der Waals surface area contributed by atoms with Crippen molar-refractivity contribution in [1.29, 1.82) is 0 Å². The quantitative estimate of drug-likeness (QED) is 0.678. The molecule has 0 amide bonds. The fourth-order valence-electron chi connectivity index (χ4n) is 1.68. The van der Waals surface area contributed by atoms with Gasteiger partial charge in [-0.2, -0.15) is 4.98 Å². The SMILES string of the molecule is Nc1cccc2oc(Nc3ccc(F)cc3)nc12. The molecule has 0 unspecified atom stereocenters. The molecule has 0 fully saturated rings. The van der Waals surface area contributed by atoms with E-state index in [0.29, 0.717) is 28.5 Å². The lowest BCUT2D eigenvalue weighted by molar-refractivity contribution is 0.621. The Bertz CT molecular complexity index is 691. The molecule has 3 N–H and O–H groups in total. The third kappa shape index (κ3) is 1.86. The first-order valence-corrected chi connectivity index (χ1v) is 5.40. The van der Waals surface area contributed by atoms with E-state index in [-0.39, 0.29) is 5.82 Å². The highest BCUT2D eigenvalue weighted by atomic mass is 19.1. The molecule has 0 radical (unpaired) electrons. The molecular formula is C13H10FN3O. The van der Waals surface area contributed by atoms with E-state index in [4.69, 9.17) is 10.2 Å². The molecule has 0 saturated carbocycles. The second kappa shape index (κ2) is 4.03. The number of oxazole rings is 1. The number of nitrogens with zero attached hydrogens (tertiary/aromatic N) is 1. The van der Waals surface area contributed by atoms with E-state index in [1.165, 1.54) is 12.1 Å². The number of aromatic nitrogens is 1. The first-order valence-electron chi connectivity index (χ1n) is 5.40. The highest BCUT2D eigenvalue weighted by Gasteiger charge is 2.07. The van der Waals surface area contributed by atoms with Crippen molar-refractivity contribution in [3.63, 3.8) is 0 Å². The van der Waals surface area contributed by atoms with Crippen LogP contribution in [0.4, 0.5) is 21.8 Å². The van der Waals surface area contributed by atoms with Crippen molar-refractivity contribution in [2.45, 2.75) is 0 Å². The van der Waals surface area contributed by atoms with Crippen LogP contribution < -0.4 is 11.1 Å². The highest BCUT2D eigenvalue weighted by molar-refractivity contribution is 5.86. The number of rotatable bonds is 2. The number of nitrogens with two attached hydrogens (primary N) is 1. The van der Waals surface area contributed by atoms with E-state index in [2.05, 4.69) is 10.3 Å². The Morgan fingerprint density at radius 1 is 1.11 bits per heavy atom. The Kier molecular flexibility index (Phi) is 2.37. The number of fused-ring (bicyclic) bond motifs is 1. The molecule has 0 aliphatic rings. The topological polar surface area (TPSA) is 64.1 Å². The molecule has 0 bridgehead atoms. The molecule has 1 aromatic heterocycles. The summed E-state index contributed by atoms with van der Waals surface area (Å²) in [5.74, 6) is -0.289. The average molecular weight is 243 g/mol. The summed E-state index contributed by atoms with van der Waals surface area (Å²) in [6.07, 6.45) is 0. The normalized spacial score (nSPS) is 10.7. The monoisotopic (exact) mass is 243 g/mol. The molecule has 0 spiro atoms. The van der Waals surface area contributed by atoms with Gasteiger partial charge in [0, 0.05) is 5.69 Å². The summed E-state index contributed by atoms with van der Waals surface area (Å²) in [7, 11) is 0. The largest absolute Gasteiger partial charge is 0.423 e. The second-order valence-electron chi connectivity index (χ2n) is 3.84. The Balaban J connectivity index is 1.95. The van der Waals surface area contributed by atoms with Crippen molar-refractivity contribution in [1.82, 2.24) is 4.98 Å². The molecule has 1 heterocycles.